The highest BCUT2D eigenvalue weighted by Gasteiger charge is 2.10. The average molecular weight is 237 g/mol. The summed E-state index contributed by atoms with van der Waals surface area (Å²) in [5.74, 6) is 0. The highest BCUT2D eigenvalue weighted by molar-refractivity contribution is 5.03. The normalized spacial score (nSPS) is 13.2. The molecule has 0 saturated heterocycles. The number of rotatable bonds is 8. The van der Waals surface area contributed by atoms with Gasteiger partial charge in [0.05, 0.1) is 6.20 Å². The summed E-state index contributed by atoms with van der Waals surface area (Å²) in [6, 6.07) is 1.22. The third kappa shape index (κ3) is 5.87. The molecule has 0 aliphatic rings. The first-order valence-corrected chi connectivity index (χ1v) is 6.85. The van der Waals surface area contributed by atoms with E-state index in [-0.39, 0.29) is 0 Å². The van der Waals surface area contributed by atoms with Gasteiger partial charge in [-0.25, -0.2) is 0 Å². The summed E-state index contributed by atoms with van der Waals surface area (Å²) >= 11 is 0. The lowest BCUT2D eigenvalue weighted by Crippen LogP contribution is -2.35. The number of hydrogen-bond acceptors (Lipinski definition) is 2. The predicted octanol–water partition coefficient (Wildman–Crippen LogP) is 2.91. The Kier molecular flexibility index (Phi) is 6.27. The van der Waals surface area contributed by atoms with Gasteiger partial charge in [0.1, 0.15) is 0 Å². The van der Waals surface area contributed by atoms with E-state index in [9.17, 15) is 0 Å². The van der Waals surface area contributed by atoms with Crippen LogP contribution in [0, 0.1) is 0 Å². The summed E-state index contributed by atoms with van der Waals surface area (Å²) in [6.07, 6.45) is 10.3. The summed E-state index contributed by atoms with van der Waals surface area (Å²) in [5, 5.41) is 7.88. The summed E-state index contributed by atoms with van der Waals surface area (Å²) in [5.41, 5.74) is 1.35. The molecule has 1 unspecified atom stereocenters. The van der Waals surface area contributed by atoms with Crippen molar-refractivity contribution in [3.05, 3.63) is 18.0 Å². The molecule has 1 rings (SSSR count). The molecule has 1 heterocycles. The molecule has 3 nitrogen and oxygen atoms in total. The van der Waals surface area contributed by atoms with Gasteiger partial charge in [-0.05, 0) is 24.8 Å². The fraction of sp³-hybridized carbons (Fsp3) is 0.786. The highest BCUT2D eigenvalue weighted by atomic mass is 15.2. The van der Waals surface area contributed by atoms with Crippen LogP contribution in [0.15, 0.2) is 12.4 Å². The maximum Gasteiger partial charge on any atom is 0.0521 e. The molecule has 0 aliphatic heterocycles. The molecule has 0 radical (unpaired) electrons. The van der Waals surface area contributed by atoms with Crippen molar-refractivity contribution in [1.82, 2.24) is 15.1 Å². The van der Waals surface area contributed by atoms with Gasteiger partial charge in [0.25, 0.3) is 0 Å². The number of hydrogen-bond donors (Lipinski definition) is 1. The molecule has 0 amide bonds. The molecule has 0 aliphatic carbocycles. The zero-order valence-corrected chi connectivity index (χ0v) is 11.7. The molecule has 0 saturated carbocycles. The van der Waals surface area contributed by atoms with Gasteiger partial charge < -0.3 is 5.32 Å². The standard InChI is InChI=1S/C14H27N3/c1-5-6-7-14(16-12(2)3)9-8-13-10-15-17(4)11-13/h10-12,14,16H,5-9H2,1-4H3. The first-order chi connectivity index (χ1) is 8.11. The number of aryl methyl sites for hydroxylation is 2. The molecule has 1 atom stereocenters. The van der Waals surface area contributed by atoms with Gasteiger partial charge in [-0.1, -0.05) is 33.6 Å². The lowest BCUT2D eigenvalue weighted by atomic mass is 10.0. The predicted molar refractivity (Wildman–Crippen MR) is 73.1 cm³/mol. The van der Waals surface area contributed by atoms with E-state index >= 15 is 0 Å². The molecule has 1 N–H and O–H groups in total. The van der Waals surface area contributed by atoms with Gasteiger partial charge in [-0.15, -0.1) is 0 Å². The van der Waals surface area contributed by atoms with Crippen molar-refractivity contribution in [2.45, 2.75) is 65.0 Å². The van der Waals surface area contributed by atoms with Gasteiger partial charge in [-0.2, -0.15) is 5.10 Å². The highest BCUT2D eigenvalue weighted by Crippen LogP contribution is 2.10. The first kappa shape index (κ1) is 14.2. The van der Waals surface area contributed by atoms with Crippen molar-refractivity contribution in [1.29, 1.82) is 0 Å². The molecule has 0 bridgehead atoms. The van der Waals surface area contributed by atoms with E-state index in [1.165, 1.54) is 31.2 Å². The van der Waals surface area contributed by atoms with E-state index in [4.69, 9.17) is 0 Å². The lowest BCUT2D eigenvalue weighted by molar-refractivity contribution is 0.406. The molecule has 0 fully saturated rings. The van der Waals surface area contributed by atoms with Crippen molar-refractivity contribution >= 4 is 0 Å². The Morgan fingerprint density at radius 3 is 2.65 bits per heavy atom. The monoisotopic (exact) mass is 237 g/mol. The van der Waals surface area contributed by atoms with Crippen LogP contribution in [-0.4, -0.2) is 21.9 Å². The fourth-order valence-electron chi connectivity index (χ4n) is 2.17. The molecule has 98 valence electrons. The van der Waals surface area contributed by atoms with Gasteiger partial charge in [0.2, 0.25) is 0 Å². The Hall–Kier alpha value is -0.830. The van der Waals surface area contributed by atoms with E-state index < -0.39 is 0 Å². The Balaban J connectivity index is 2.36. The SMILES string of the molecule is CCCCC(CCc1cnn(C)c1)NC(C)C. The van der Waals surface area contributed by atoms with Crippen LogP contribution in [0.25, 0.3) is 0 Å². The van der Waals surface area contributed by atoms with Crippen molar-refractivity contribution < 1.29 is 0 Å². The largest absolute Gasteiger partial charge is 0.312 e. The quantitative estimate of drug-likeness (QED) is 0.753. The maximum atomic E-state index is 4.21. The Morgan fingerprint density at radius 1 is 1.35 bits per heavy atom. The molecule has 17 heavy (non-hydrogen) atoms. The third-order valence-electron chi connectivity index (χ3n) is 3.02. The van der Waals surface area contributed by atoms with Crippen LogP contribution in [0.4, 0.5) is 0 Å². The number of unbranched alkanes of at least 4 members (excludes halogenated alkanes) is 1. The van der Waals surface area contributed by atoms with Gasteiger partial charge >= 0.3 is 0 Å². The van der Waals surface area contributed by atoms with Crippen LogP contribution >= 0.6 is 0 Å². The van der Waals surface area contributed by atoms with Crippen molar-refractivity contribution in [3.63, 3.8) is 0 Å². The van der Waals surface area contributed by atoms with Crippen molar-refractivity contribution in [2.24, 2.45) is 7.05 Å². The van der Waals surface area contributed by atoms with Crippen molar-refractivity contribution in [3.8, 4) is 0 Å². The van der Waals surface area contributed by atoms with E-state index in [0.717, 1.165) is 6.42 Å². The average Bonchev–Trinajstić information content (AvgIpc) is 2.68. The molecule has 3 heteroatoms. The second-order valence-corrected chi connectivity index (χ2v) is 5.22. The number of nitrogens with zero attached hydrogens (tertiary/aromatic N) is 2. The molecular formula is C14H27N3. The van der Waals surface area contributed by atoms with Crippen LogP contribution in [0.3, 0.4) is 0 Å². The second kappa shape index (κ2) is 7.49. The van der Waals surface area contributed by atoms with Crippen LogP contribution in [0.5, 0.6) is 0 Å². The zero-order valence-electron chi connectivity index (χ0n) is 11.7. The summed E-state index contributed by atoms with van der Waals surface area (Å²) in [6.45, 7) is 6.71. The van der Waals surface area contributed by atoms with Crippen LogP contribution in [-0.2, 0) is 13.5 Å². The van der Waals surface area contributed by atoms with Crippen LogP contribution in [0.2, 0.25) is 0 Å². The number of nitrogens with one attached hydrogen (secondary N) is 1. The van der Waals surface area contributed by atoms with Crippen LogP contribution < -0.4 is 5.32 Å². The Morgan fingerprint density at radius 2 is 2.12 bits per heavy atom. The van der Waals surface area contributed by atoms with Gasteiger partial charge in [0.15, 0.2) is 0 Å². The van der Waals surface area contributed by atoms with Gasteiger partial charge in [-0.3, -0.25) is 4.68 Å². The van der Waals surface area contributed by atoms with Crippen molar-refractivity contribution in [2.75, 3.05) is 0 Å². The summed E-state index contributed by atoms with van der Waals surface area (Å²) in [7, 11) is 1.98. The van der Waals surface area contributed by atoms with E-state index in [0.29, 0.717) is 12.1 Å². The minimum atomic E-state index is 0.575. The molecule has 0 spiro atoms. The molecular weight excluding hydrogens is 210 g/mol. The van der Waals surface area contributed by atoms with Crippen LogP contribution in [0.1, 0.15) is 52.0 Å². The Labute approximate surface area is 106 Å². The minimum absolute atomic E-state index is 0.575. The Bertz CT molecular complexity index is 304. The van der Waals surface area contributed by atoms with Gasteiger partial charge in [0, 0.05) is 25.3 Å². The fourth-order valence-corrected chi connectivity index (χ4v) is 2.17. The zero-order chi connectivity index (χ0) is 12.7. The third-order valence-corrected chi connectivity index (χ3v) is 3.02. The lowest BCUT2D eigenvalue weighted by Gasteiger charge is -2.20. The molecule has 1 aromatic heterocycles. The van der Waals surface area contributed by atoms with E-state index in [2.05, 4.69) is 37.4 Å². The first-order valence-electron chi connectivity index (χ1n) is 6.85. The van der Waals surface area contributed by atoms with E-state index in [1.54, 1.807) is 0 Å². The molecule has 0 aromatic carbocycles. The maximum absolute atomic E-state index is 4.21. The summed E-state index contributed by atoms with van der Waals surface area (Å²) < 4.78 is 1.88. The topological polar surface area (TPSA) is 29.9 Å². The van der Waals surface area contributed by atoms with E-state index in [1.807, 2.05) is 17.9 Å². The summed E-state index contributed by atoms with van der Waals surface area (Å²) in [4.78, 5) is 0. The smallest absolute Gasteiger partial charge is 0.0521 e. The second-order valence-electron chi connectivity index (χ2n) is 5.22. The molecule has 1 aromatic rings. The number of aromatic nitrogens is 2. The minimum Gasteiger partial charge on any atom is -0.312 e.